The van der Waals surface area contributed by atoms with Crippen molar-refractivity contribution in [3.63, 3.8) is 0 Å². The van der Waals surface area contributed by atoms with Crippen molar-refractivity contribution in [2.24, 2.45) is 5.92 Å². The first kappa shape index (κ1) is 15.0. The summed E-state index contributed by atoms with van der Waals surface area (Å²) in [7, 11) is 0. The van der Waals surface area contributed by atoms with E-state index in [4.69, 9.17) is 11.6 Å². The zero-order valence-corrected chi connectivity index (χ0v) is 12.0. The van der Waals surface area contributed by atoms with E-state index in [-0.39, 0.29) is 18.4 Å². The quantitative estimate of drug-likeness (QED) is 0.883. The van der Waals surface area contributed by atoms with E-state index >= 15 is 0 Å². The van der Waals surface area contributed by atoms with Gasteiger partial charge in [-0.05, 0) is 43.5 Å². The van der Waals surface area contributed by atoms with Crippen LogP contribution in [0, 0.1) is 12.8 Å². The maximum atomic E-state index is 11.9. The van der Waals surface area contributed by atoms with Crippen LogP contribution < -0.4 is 5.32 Å². The third kappa shape index (κ3) is 4.00. The highest BCUT2D eigenvalue weighted by molar-refractivity contribution is 6.31. The topological polar surface area (TPSA) is 49.3 Å². The molecular formula is C14H20ClNO2. The third-order valence-corrected chi connectivity index (χ3v) is 3.37. The van der Waals surface area contributed by atoms with E-state index in [2.05, 4.69) is 5.32 Å². The molecule has 0 fully saturated rings. The molecule has 100 valence electrons. The van der Waals surface area contributed by atoms with E-state index < -0.39 is 5.60 Å². The highest BCUT2D eigenvalue weighted by Crippen LogP contribution is 2.16. The van der Waals surface area contributed by atoms with Crippen molar-refractivity contribution in [3.8, 4) is 0 Å². The molecule has 0 bridgehead atoms. The summed E-state index contributed by atoms with van der Waals surface area (Å²) in [6.45, 7) is 7.63. The first-order valence-corrected chi connectivity index (χ1v) is 6.38. The lowest BCUT2D eigenvalue weighted by atomic mass is 9.92. The van der Waals surface area contributed by atoms with Crippen LogP contribution in [-0.2, 0) is 0 Å². The van der Waals surface area contributed by atoms with Gasteiger partial charge < -0.3 is 10.4 Å². The van der Waals surface area contributed by atoms with Gasteiger partial charge in [-0.2, -0.15) is 0 Å². The van der Waals surface area contributed by atoms with Crippen LogP contribution in [0.4, 0.5) is 0 Å². The highest BCUT2D eigenvalue weighted by atomic mass is 35.5. The fourth-order valence-electron chi connectivity index (χ4n) is 1.43. The van der Waals surface area contributed by atoms with Crippen LogP contribution in [0.25, 0.3) is 0 Å². The number of carbonyl (C=O) groups is 1. The van der Waals surface area contributed by atoms with Crippen molar-refractivity contribution in [1.29, 1.82) is 0 Å². The molecule has 0 saturated carbocycles. The Bertz CT molecular complexity index is 421. The summed E-state index contributed by atoms with van der Waals surface area (Å²) < 4.78 is 0. The first-order valence-electron chi connectivity index (χ1n) is 6.00. The standard InChI is InChI=1S/C14H20ClNO2/c1-9(2)14(4,18)8-16-13(17)11-5-10(3)6-12(15)7-11/h5-7,9,18H,8H2,1-4H3,(H,16,17). The molecule has 1 aromatic carbocycles. The van der Waals surface area contributed by atoms with Crippen LogP contribution >= 0.6 is 11.6 Å². The number of halogens is 1. The molecule has 1 rings (SSSR count). The molecule has 1 aromatic rings. The van der Waals surface area contributed by atoms with E-state index in [0.29, 0.717) is 10.6 Å². The minimum absolute atomic E-state index is 0.0684. The molecule has 3 nitrogen and oxygen atoms in total. The Morgan fingerprint density at radius 1 is 1.44 bits per heavy atom. The number of amides is 1. The van der Waals surface area contributed by atoms with Crippen molar-refractivity contribution in [3.05, 3.63) is 34.3 Å². The van der Waals surface area contributed by atoms with Gasteiger partial charge in [0.15, 0.2) is 0 Å². The van der Waals surface area contributed by atoms with Crippen molar-refractivity contribution in [2.45, 2.75) is 33.3 Å². The number of hydrogen-bond donors (Lipinski definition) is 2. The van der Waals surface area contributed by atoms with Gasteiger partial charge in [-0.25, -0.2) is 0 Å². The summed E-state index contributed by atoms with van der Waals surface area (Å²) >= 11 is 5.91. The fraction of sp³-hybridized carbons (Fsp3) is 0.500. The van der Waals surface area contributed by atoms with E-state index in [1.165, 1.54) is 0 Å². The average molecular weight is 270 g/mol. The largest absolute Gasteiger partial charge is 0.388 e. The second-order valence-electron chi connectivity index (χ2n) is 5.21. The SMILES string of the molecule is Cc1cc(Cl)cc(C(=O)NCC(C)(O)C(C)C)c1. The molecule has 0 heterocycles. The zero-order chi connectivity index (χ0) is 13.9. The number of benzene rings is 1. The van der Waals surface area contributed by atoms with Crippen molar-refractivity contribution < 1.29 is 9.90 Å². The number of carbonyl (C=O) groups excluding carboxylic acids is 1. The maximum Gasteiger partial charge on any atom is 0.251 e. The number of hydrogen-bond acceptors (Lipinski definition) is 2. The number of nitrogens with one attached hydrogen (secondary N) is 1. The second-order valence-corrected chi connectivity index (χ2v) is 5.65. The summed E-state index contributed by atoms with van der Waals surface area (Å²) in [5.74, 6) is -0.152. The molecule has 1 amide bonds. The molecule has 0 spiro atoms. The molecular weight excluding hydrogens is 250 g/mol. The lowest BCUT2D eigenvalue weighted by molar-refractivity contribution is 0.0142. The molecule has 1 unspecified atom stereocenters. The second kappa shape index (κ2) is 5.72. The molecule has 0 saturated heterocycles. The number of aliphatic hydroxyl groups is 1. The number of aryl methyl sites for hydroxylation is 1. The predicted molar refractivity (Wildman–Crippen MR) is 74.0 cm³/mol. The van der Waals surface area contributed by atoms with Gasteiger partial charge in [0.1, 0.15) is 0 Å². The molecule has 0 aliphatic carbocycles. The van der Waals surface area contributed by atoms with E-state index in [1.807, 2.05) is 20.8 Å². The summed E-state index contributed by atoms with van der Waals surface area (Å²) in [5.41, 5.74) is 0.534. The molecule has 0 radical (unpaired) electrons. The maximum absolute atomic E-state index is 11.9. The van der Waals surface area contributed by atoms with Crippen LogP contribution in [0.15, 0.2) is 18.2 Å². The summed E-state index contributed by atoms with van der Waals surface area (Å²) in [4.78, 5) is 11.9. The Hall–Kier alpha value is -1.06. The van der Waals surface area contributed by atoms with Crippen molar-refractivity contribution >= 4 is 17.5 Å². The minimum atomic E-state index is -0.913. The normalized spacial score (nSPS) is 14.4. The molecule has 18 heavy (non-hydrogen) atoms. The average Bonchev–Trinajstić information content (AvgIpc) is 2.24. The lowest BCUT2D eigenvalue weighted by Gasteiger charge is -2.27. The van der Waals surface area contributed by atoms with Crippen molar-refractivity contribution in [1.82, 2.24) is 5.32 Å². The zero-order valence-electron chi connectivity index (χ0n) is 11.2. The molecule has 4 heteroatoms. The highest BCUT2D eigenvalue weighted by Gasteiger charge is 2.25. The minimum Gasteiger partial charge on any atom is -0.388 e. The first-order chi connectivity index (χ1) is 8.22. The molecule has 2 N–H and O–H groups in total. The number of rotatable bonds is 4. The van der Waals surface area contributed by atoms with Gasteiger partial charge in [0.2, 0.25) is 0 Å². The summed E-state index contributed by atoms with van der Waals surface area (Å²) in [6.07, 6.45) is 0. The Morgan fingerprint density at radius 2 is 2.06 bits per heavy atom. The van der Waals surface area contributed by atoms with Gasteiger partial charge in [-0.3, -0.25) is 4.79 Å². The molecule has 1 atom stereocenters. The predicted octanol–water partition coefficient (Wildman–Crippen LogP) is 2.79. The van der Waals surface area contributed by atoms with Crippen LogP contribution in [-0.4, -0.2) is 23.2 Å². The van der Waals surface area contributed by atoms with Gasteiger partial charge >= 0.3 is 0 Å². The van der Waals surface area contributed by atoms with E-state index in [1.54, 1.807) is 25.1 Å². The molecule has 0 aromatic heterocycles. The smallest absolute Gasteiger partial charge is 0.251 e. The fourth-order valence-corrected chi connectivity index (χ4v) is 1.72. The summed E-state index contributed by atoms with van der Waals surface area (Å²) in [5, 5.41) is 13.3. The van der Waals surface area contributed by atoms with Crippen LogP contribution in [0.2, 0.25) is 5.02 Å². The Morgan fingerprint density at radius 3 is 2.56 bits per heavy atom. The van der Waals surface area contributed by atoms with E-state index in [9.17, 15) is 9.90 Å². The van der Waals surface area contributed by atoms with Crippen LogP contribution in [0.1, 0.15) is 36.7 Å². The van der Waals surface area contributed by atoms with Crippen molar-refractivity contribution in [2.75, 3.05) is 6.54 Å². The molecule has 0 aliphatic heterocycles. The molecule has 0 aliphatic rings. The Balaban J connectivity index is 2.72. The van der Waals surface area contributed by atoms with Gasteiger partial charge in [0.05, 0.1) is 5.60 Å². The third-order valence-electron chi connectivity index (χ3n) is 3.15. The van der Waals surface area contributed by atoms with Crippen LogP contribution in [0.5, 0.6) is 0 Å². The lowest BCUT2D eigenvalue weighted by Crippen LogP contribution is -2.44. The van der Waals surface area contributed by atoms with Gasteiger partial charge in [0.25, 0.3) is 5.91 Å². The van der Waals surface area contributed by atoms with Gasteiger partial charge in [0, 0.05) is 17.1 Å². The Labute approximate surface area is 113 Å². The monoisotopic (exact) mass is 269 g/mol. The van der Waals surface area contributed by atoms with Gasteiger partial charge in [-0.1, -0.05) is 25.4 Å². The van der Waals surface area contributed by atoms with E-state index in [0.717, 1.165) is 5.56 Å². The van der Waals surface area contributed by atoms with Crippen LogP contribution in [0.3, 0.4) is 0 Å². The van der Waals surface area contributed by atoms with Gasteiger partial charge in [-0.15, -0.1) is 0 Å². The summed E-state index contributed by atoms with van der Waals surface area (Å²) in [6, 6.07) is 5.18. The Kier molecular flexibility index (Phi) is 4.77.